The molecule has 0 atom stereocenters. The molecule has 5 heteroatoms. The molecule has 0 saturated heterocycles. The molecule has 22 heavy (non-hydrogen) atoms. The molecular weight excluding hydrogens is 276 g/mol. The fraction of sp³-hybridized carbons (Fsp3) is 0.235. The zero-order valence-corrected chi connectivity index (χ0v) is 12.6. The molecule has 0 spiro atoms. The molecule has 1 heterocycles. The number of pyridine rings is 1. The summed E-state index contributed by atoms with van der Waals surface area (Å²) in [7, 11) is 0. The van der Waals surface area contributed by atoms with Gasteiger partial charge >= 0.3 is 0 Å². The Morgan fingerprint density at radius 2 is 2.09 bits per heavy atom. The van der Waals surface area contributed by atoms with Crippen molar-refractivity contribution in [2.45, 2.75) is 19.8 Å². The number of nitrogens with zero attached hydrogens (tertiary/aromatic N) is 2. The molecule has 5 nitrogen and oxygen atoms in total. The van der Waals surface area contributed by atoms with Gasteiger partial charge in [0, 0.05) is 36.6 Å². The molecule has 0 unspecified atom stereocenters. The maximum absolute atomic E-state index is 11.6. The van der Waals surface area contributed by atoms with Crippen molar-refractivity contribution in [2.24, 2.45) is 5.10 Å². The van der Waals surface area contributed by atoms with E-state index < -0.39 is 0 Å². The van der Waals surface area contributed by atoms with Crippen molar-refractivity contribution in [3.8, 4) is 0 Å². The Labute approximate surface area is 130 Å². The minimum Gasteiger partial charge on any atom is -0.385 e. The normalized spacial score (nSPS) is 10.6. The fourth-order valence-corrected chi connectivity index (χ4v) is 1.84. The van der Waals surface area contributed by atoms with Gasteiger partial charge in [0.25, 0.3) is 0 Å². The number of amides is 1. The van der Waals surface area contributed by atoms with Crippen LogP contribution in [0.3, 0.4) is 0 Å². The maximum Gasteiger partial charge on any atom is 0.240 e. The number of benzene rings is 1. The van der Waals surface area contributed by atoms with E-state index in [0.717, 1.165) is 24.2 Å². The van der Waals surface area contributed by atoms with Crippen LogP contribution < -0.4 is 10.7 Å². The highest BCUT2D eigenvalue weighted by Gasteiger charge is 1.99. The summed E-state index contributed by atoms with van der Waals surface area (Å²) in [5.41, 5.74) is 5.67. The minimum absolute atomic E-state index is 0.0918. The lowest BCUT2D eigenvalue weighted by Crippen LogP contribution is -2.18. The topological polar surface area (TPSA) is 66.4 Å². The van der Waals surface area contributed by atoms with Crippen molar-refractivity contribution in [3.05, 3.63) is 59.9 Å². The number of anilines is 1. The lowest BCUT2D eigenvalue weighted by Gasteiger charge is -2.06. The number of aromatic nitrogens is 1. The van der Waals surface area contributed by atoms with Crippen molar-refractivity contribution >= 4 is 17.8 Å². The molecule has 0 radical (unpaired) electrons. The minimum atomic E-state index is -0.0918. The van der Waals surface area contributed by atoms with Gasteiger partial charge < -0.3 is 5.32 Å². The lowest BCUT2D eigenvalue weighted by atomic mass is 10.2. The second-order valence-electron chi connectivity index (χ2n) is 4.98. The van der Waals surface area contributed by atoms with Crippen LogP contribution in [-0.4, -0.2) is 23.7 Å². The number of carbonyl (C=O) groups is 1. The van der Waals surface area contributed by atoms with E-state index >= 15 is 0 Å². The van der Waals surface area contributed by atoms with Crippen LogP contribution in [0.1, 0.15) is 24.0 Å². The van der Waals surface area contributed by atoms with Gasteiger partial charge in [-0.2, -0.15) is 5.10 Å². The van der Waals surface area contributed by atoms with Gasteiger partial charge in [0.2, 0.25) is 5.91 Å². The maximum atomic E-state index is 11.6. The molecule has 0 aliphatic carbocycles. The summed E-state index contributed by atoms with van der Waals surface area (Å²) in [5.74, 6) is -0.0918. The Bertz CT molecular complexity index is 608. The third-order valence-electron chi connectivity index (χ3n) is 3.05. The first-order valence-electron chi connectivity index (χ1n) is 7.26. The highest BCUT2D eigenvalue weighted by molar-refractivity contribution is 5.81. The second kappa shape index (κ2) is 8.56. The SMILES string of the molecule is Cc1ccc(NCCCC(=O)NN=Cc2cccnc2)cc1. The summed E-state index contributed by atoms with van der Waals surface area (Å²) >= 11 is 0. The Hall–Kier alpha value is -2.69. The second-order valence-corrected chi connectivity index (χ2v) is 4.98. The number of hydrogen-bond acceptors (Lipinski definition) is 4. The first-order chi connectivity index (χ1) is 10.7. The van der Waals surface area contributed by atoms with E-state index in [1.165, 1.54) is 5.56 Å². The summed E-state index contributed by atoms with van der Waals surface area (Å²) in [4.78, 5) is 15.6. The molecule has 114 valence electrons. The number of aryl methyl sites for hydroxylation is 1. The Morgan fingerprint density at radius 1 is 1.27 bits per heavy atom. The third kappa shape index (κ3) is 5.75. The van der Waals surface area contributed by atoms with E-state index in [-0.39, 0.29) is 5.91 Å². The van der Waals surface area contributed by atoms with Gasteiger partial charge in [0.1, 0.15) is 0 Å². The first kappa shape index (κ1) is 15.7. The van der Waals surface area contributed by atoms with Gasteiger partial charge in [0.05, 0.1) is 6.21 Å². The van der Waals surface area contributed by atoms with Gasteiger partial charge in [-0.05, 0) is 31.5 Å². The largest absolute Gasteiger partial charge is 0.385 e. The zero-order chi connectivity index (χ0) is 15.6. The highest BCUT2D eigenvalue weighted by Crippen LogP contribution is 2.08. The van der Waals surface area contributed by atoms with Crippen LogP contribution in [0.2, 0.25) is 0 Å². The number of rotatable bonds is 7. The van der Waals surface area contributed by atoms with Crippen molar-refractivity contribution in [2.75, 3.05) is 11.9 Å². The first-order valence-corrected chi connectivity index (χ1v) is 7.26. The molecule has 1 amide bonds. The number of carbonyl (C=O) groups excluding carboxylic acids is 1. The molecule has 0 aliphatic rings. The standard InChI is InChI=1S/C17H20N4O/c1-14-6-8-16(9-7-14)19-11-3-5-17(22)21-20-13-15-4-2-10-18-12-15/h2,4,6-10,12-13,19H,3,5,11H2,1H3,(H,21,22). The molecule has 1 aromatic carbocycles. The van der Waals surface area contributed by atoms with Crippen LogP contribution in [0.5, 0.6) is 0 Å². The van der Waals surface area contributed by atoms with Gasteiger partial charge in [-0.15, -0.1) is 0 Å². The average Bonchev–Trinajstić information content (AvgIpc) is 2.54. The molecule has 1 aromatic heterocycles. The number of nitrogens with one attached hydrogen (secondary N) is 2. The molecule has 2 aromatic rings. The molecule has 0 saturated carbocycles. The van der Waals surface area contributed by atoms with E-state index in [1.807, 2.05) is 24.3 Å². The van der Waals surface area contributed by atoms with Gasteiger partial charge in [-0.3, -0.25) is 9.78 Å². The fourth-order valence-electron chi connectivity index (χ4n) is 1.84. The van der Waals surface area contributed by atoms with Crippen molar-refractivity contribution in [1.29, 1.82) is 0 Å². The van der Waals surface area contributed by atoms with E-state index in [1.54, 1.807) is 18.6 Å². The predicted octanol–water partition coefficient (Wildman–Crippen LogP) is 2.73. The van der Waals surface area contributed by atoms with Gasteiger partial charge in [-0.1, -0.05) is 23.8 Å². The van der Waals surface area contributed by atoms with Crippen LogP contribution in [-0.2, 0) is 4.79 Å². The lowest BCUT2D eigenvalue weighted by molar-refractivity contribution is -0.121. The summed E-state index contributed by atoms with van der Waals surface area (Å²) in [6.45, 7) is 2.81. The van der Waals surface area contributed by atoms with E-state index in [2.05, 4.69) is 39.9 Å². The average molecular weight is 296 g/mol. The number of hydrazone groups is 1. The number of hydrogen-bond donors (Lipinski definition) is 2. The molecule has 0 fully saturated rings. The Morgan fingerprint density at radius 3 is 2.82 bits per heavy atom. The Kier molecular flexibility index (Phi) is 6.11. The molecular formula is C17H20N4O. The molecule has 0 aliphatic heterocycles. The van der Waals surface area contributed by atoms with Crippen molar-refractivity contribution < 1.29 is 4.79 Å². The predicted molar refractivity (Wildman–Crippen MR) is 88.9 cm³/mol. The third-order valence-corrected chi connectivity index (χ3v) is 3.05. The smallest absolute Gasteiger partial charge is 0.240 e. The Balaban J connectivity index is 1.61. The molecule has 2 N–H and O–H groups in total. The summed E-state index contributed by atoms with van der Waals surface area (Å²) in [6, 6.07) is 11.9. The highest BCUT2D eigenvalue weighted by atomic mass is 16.2. The van der Waals surface area contributed by atoms with Crippen LogP contribution in [0.25, 0.3) is 0 Å². The van der Waals surface area contributed by atoms with Crippen LogP contribution in [0.4, 0.5) is 5.69 Å². The molecule has 0 bridgehead atoms. The zero-order valence-electron chi connectivity index (χ0n) is 12.6. The van der Waals surface area contributed by atoms with Crippen molar-refractivity contribution in [1.82, 2.24) is 10.4 Å². The van der Waals surface area contributed by atoms with E-state index in [4.69, 9.17) is 0 Å². The van der Waals surface area contributed by atoms with E-state index in [0.29, 0.717) is 6.42 Å². The monoisotopic (exact) mass is 296 g/mol. The summed E-state index contributed by atoms with van der Waals surface area (Å²) in [5, 5.41) is 7.19. The quantitative estimate of drug-likeness (QED) is 0.469. The van der Waals surface area contributed by atoms with Crippen LogP contribution in [0, 0.1) is 6.92 Å². The van der Waals surface area contributed by atoms with E-state index in [9.17, 15) is 4.79 Å². The van der Waals surface area contributed by atoms with Gasteiger partial charge in [0.15, 0.2) is 0 Å². The summed E-state index contributed by atoms with van der Waals surface area (Å²) < 4.78 is 0. The van der Waals surface area contributed by atoms with Crippen molar-refractivity contribution in [3.63, 3.8) is 0 Å². The van der Waals surface area contributed by atoms with Crippen LogP contribution in [0.15, 0.2) is 53.9 Å². The van der Waals surface area contributed by atoms with Crippen LogP contribution >= 0.6 is 0 Å². The molecule has 2 rings (SSSR count). The van der Waals surface area contributed by atoms with Gasteiger partial charge in [-0.25, -0.2) is 5.43 Å². The summed E-state index contributed by atoms with van der Waals surface area (Å²) in [6.07, 6.45) is 6.14.